The Hall–Kier alpha value is -2.61. The zero-order chi connectivity index (χ0) is 26.9. The summed E-state index contributed by atoms with van der Waals surface area (Å²) in [5, 5.41) is 12.1. The summed E-state index contributed by atoms with van der Waals surface area (Å²) < 4.78 is 37.6. The predicted molar refractivity (Wildman–Crippen MR) is 138 cm³/mol. The lowest BCUT2D eigenvalue weighted by Gasteiger charge is -2.44. The van der Waals surface area contributed by atoms with Crippen LogP contribution in [0.25, 0.3) is 0 Å². The Kier molecular flexibility index (Phi) is 10.4. The van der Waals surface area contributed by atoms with Crippen molar-refractivity contribution in [2.24, 2.45) is 0 Å². The molecule has 2 aliphatic rings. The van der Waals surface area contributed by atoms with Crippen LogP contribution >= 0.6 is 0 Å². The van der Waals surface area contributed by atoms with Gasteiger partial charge in [0.05, 0.1) is 13.2 Å². The Labute approximate surface area is 218 Å². The molecule has 2 heterocycles. The zero-order valence-electron chi connectivity index (χ0n) is 21.6. The van der Waals surface area contributed by atoms with Crippen LogP contribution in [0.15, 0.2) is 24.3 Å². The molecule has 37 heavy (non-hydrogen) atoms. The number of carbonyl (C=O) groups excluding carboxylic acids is 2. The summed E-state index contributed by atoms with van der Waals surface area (Å²) >= 11 is 0. The average Bonchev–Trinajstić information content (AvgIpc) is 2.93. The van der Waals surface area contributed by atoms with Crippen LogP contribution in [0.4, 0.5) is 10.5 Å². The lowest BCUT2D eigenvalue weighted by Crippen LogP contribution is -2.64. The molecule has 12 nitrogen and oxygen atoms in total. The van der Waals surface area contributed by atoms with Gasteiger partial charge in [0.25, 0.3) is 5.91 Å². The number of urea groups is 1. The number of likely N-dealkylation sites (tertiary alicyclic amines) is 1. The number of nitrogens with one attached hydrogen (secondary N) is 2. The number of hydroxylamine groups is 1. The molecule has 2 aliphatic heterocycles. The number of hydrogen-bond donors (Lipinski definition) is 3. The van der Waals surface area contributed by atoms with Crippen LogP contribution in [-0.2, 0) is 19.6 Å². The third-order valence-corrected chi connectivity index (χ3v) is 9.62. The minimum atomic E-state index is -4.12. The number of carbonyl (C=O) groups is 2. The van der Waals surface area contributed by atoms with Crippen LogP contribution in [0.3, 0.4) is 0 Å². The largest absolute Gasteiger partial charge is 0.494 e. The topological polar surface area (TPSA) is 141 Å². The van der Waals surface area contributed by atoms with Crippen molar-refractivity contribution in [2.75, 3.05) is 71.0 Å². The van der Waals surface area contributed by atoms with Gasteiger partial charge in [-0.05, 0) is 43.5 Å². The molecule has 0 bridgehead atoms. The first-order valence-electron chi connectivity index (χ1n) is 12.7. The molecular formula is C24H39N5O7S. The van der Waals surface area contributed by atoms with Gasteiger partial charge in [0, 0.05) is 58.6 Å². The number of benzene rings is 1. The average molecular weight is 542 g/mol. The van der Waals surface area contributed by atoms with Gasteiger partial charge in [-0.3, -0.25) is 10.0 Å². The molecule has 0 radical (unpaired) electrons. The summed E-state index contributed by atoms with van der Waals surface area (Å²) in [4.78, 5) is 28.7. The Morgan fingerprint density at radius 3 is 2.24 bits per heavy atom. The lowest BCUT2D eigenvalue weighted by atomic mass is 9.95. The highest BCUT2D eigenvalue weighted by Gasteiger charge is 2.55. The number of piperidine rings is 1. The van der Waals surface area contributed by atoms with E-state index in [0.29, 0.717) is 32.8 Å². The molecule has 208 valence electrons. The first kappa shape index (κ1) is 29.0. The van der Waals surface area contributed by atoms with Crippen molar-refractivity contribution in [3.63, 3.8) is 0 Å². The van der Waals surface area contributed by atoms with Crippen LogP contribution in [0.5, 0.6) is 5.75 Å². The van der Waals surface area contributed by atoms with E-state index in [1.807, 2.05) is 24.3 Å². The molecule has 0 unspecified atom stereocenters. The number of piperazine rings is 1. The molecule has 1 aromatic carbocycles. The van der Waals surface area contributed by atoms with E-state index in [0.717, 1.165) is 24.3 Å². The molecule has 0 aromatic heterocycles. The molecule has 0 spiro atoms. The van der Waals surface area contributed by atoms with Crippen LogP contribution in [0.1, 0.15) is 32.6 Å². The molecule has 3 N–H and O–H groups in total. The summed E-state index contributed by atoms with van der Waals surface area (Å²) in [6.45, 7) is 4.93. The number of rotatable bonds is 11. The van der Waals surface area contributed by atoms with Gasteiger partial charge in [-0.2, -0.15) is 4.31 Å². The first-order valence-corrected chi connectivity index (χ1v) is 14.2. The lowest BCUT2D eigenvalue weighted by molar-refractivity contribution is -0.133. The van der Waals surface area contributed by atoms with Crippen molar-refractivity contribution < 1.29 is 32.7 Å². The van der Waals surface area contributed by atoms with Gasteiger partial charge in [0.15, 0.2) is 4.75 Å². The second-order valence-corrected chi connectivity index (χ2v) is 11.5. The number of sulfonamides is 1. The molecule has 3 rings (SSSR count). The highest BCUT2D eigenvalue weighted by molar-refractivity contribution is 7.91. The summed E-state index contributed by atoms with van der Waals surface area (Å²) in [5.74, 6) is -0.165. The molecule has 2 saturated heterocycles. The molecule has 0 saturated carbocycles. The smallest absolute Gasteiger partial charge is 0.317 e. The van der Waals surface area contributed by atoms with Gasteiger partial charge in [0.2, 0.25) is 10.0 Å². The summed E-state index contributed by atoms with van der Waals surface area (Å²) in [6.07, 6.45) is 1.83. The number of amides is 3. The fraction of sp³-hybridized carbons (Fsp3) is 0.667. The van der Waals surface area contributed by atoms with Crippen molar-refractivity contribution in [1.29, 1.82) is 0 Å². The Morgan fingerprint density at radius 1 is 1.03 bits per heavy atom. The van der Waals surface area contributed by atoms with Crippen molar-refractivity contribution in [3.8, 4) is 5.75 Å². The van der Waals surface area contributed by atoms with E-state index in [4.69, 9.17) is 9.47 Å². The maximum absolute atomic E-state index is 13.7. The van der Waals surface area contributed by atoms with Crippen molar-refractivity contribution in [3.05, 3.63) is 24.3 Å². The van der Waals surface area contributed by atoms with Gasteiger partial charge < -0.3 is 24.6 Å². The Bertz CT molecular complexity index is 989. The predicted octanol–water partition coefficient (Wildman–Crippen LogP) is 1.01. The molecule has 2 fully saturated rings. The molecule has 0 atom stereocenters. The highest BCUT2D eigenvalue weighted by Crippen LogP contribution is 2.35. The van der Waals surface area contributed by atoms with Crippen LogP contribution in [-0.4, -0.2) is 106 Å². The molecular weight excluding hydrogens is 502 g/mol. The van der Waals surface area contributed by atoms with E-state index in [-0.39, 0.29) is 45.1 Å². The summed E-state index contributed by atoms with van der Waals surface area (Å²) in [5.41, 5.74) is 2.53. The quantitative estimate of drug-likeness (QED) is 0.214. The van der Waals surface area contributed by atoms with Gasteiger partial charge in [-0.1, -0.05) is 13.3 Å². The molecule has 13 heteroatoms. The number of nitrogens with zero attached hydrogens (tertiary/aromatic N) is 3. The van der Waals surface area contributed by atoms with E-state index in [1.54, 1.807) is 5.48 Å². The van der Waals surface area contributed by atoms with Gasteiger partial charge in [0.1, 0.15) is 5.75 Å². The number of hydrogen-bond acceptors (Lipinski definition) is 8. The standard InChI is InChI=1S/C24H39N5O7S/c1-3-4-18-36-21-7-5-20(6-8-21)27-14-16-29(17-15-27)37(33,34)24(22(30)26-32)9-12-28(13-10-24)23(31)25-11-19-35-2/h5-8,32H,3-4,9-19H2,1-2H3,(H,25,31)(H,26,30). The number of ether oxygens (including phenoxy) is 2. The van der Waals surface area contributed by atoms with Crippen molar-refractivity contribution >= 4 is 27.6 Å². The second-order valence-electron chi connectivity index (χ2n) is 9.23. The van der Waals surface area contributed by atoms with E-state index >= 15 is 0 Å². The monoisotopic (exact) mass is 541 g/mol. The minimum Gasteiger partial charge on any atom is -0.494 e. The van der Waals surface area contributed by atoms with Gasteiger partial charge >= 0.3 is 6.03 Å². The van der Waals surface area contributed by atoms with E-state index in [9.17, 15) is 23.2 Å². The first-order chi connectivity index (χ1) is 17.8. The SMILES string of the molecule is CCCCOc1ccc(N2CCN(S(=O)(=O)C3(C(=O)NO)CCN(C(=O)NCCOC)CC3)CC2)cc1. The van der Waals surface area contributed by atoms with Gasteiger partial charge in [-0.25, -0.2) is 18.7 Å². The summed E-state index contributed by atoms with van der Waals surface area (Å²) in [7, 11) is -2.59. The third kappa shape index (κ3) is 6.64. The minimum absolute atomic E-state index is 0.0676. The van der Waals surface area contributed by atoms with Crippen LogP contribution in [0, 0.1) is 0 Å². The Morgan fingerprint density at radius 2 is 1.68 bits per heavy atom. The fourth-order valence-corrected chi connectivity index (χ4v) is 6.78. The normalized spacial score (nSPS) is 18.4. The maximum atomic E-state index is 13.7. The number of unbranched alkanes of at least 4 members (excludes halogenated alkanes) is 1. The van der Waals surface area contributed by atoms with E-state index < -0.39 is 20.7 Å². The fourth-order valence-electron chi connectivity index (χ4n) is 4.67. The second kappa shape index (κ2) is 13.3. The third-order valence-electron chi connectivity index (χ3n) is 7.00. The number of anilines is 1. The number of methoxy groups -OCH3 is 1. The van der Waals surface area contributed by atoms with E-state index in [2.05, 4.69) is 17.1 Å². The van der Waals surface area contributed by atoms with Crippen molar-refractivity contribution in [2.45, 2.75) is 37.4 Å². The van der Waals surface area contributed by atoms with Crippen molar-refractivity contribution in [1.82, 2.24) is 20.0 Å². The highest BCUT2D eigenvalue weighted by atomic mass is 32.2. The zero-order valence-corrected chi connectivity index (χ0v) is 22.5. The van der Waals surface area contributed by atoms with Gasteiger partial charge in [-0.15, -0.1) is 0 Å². The maximum Gasteiger partial charge on any atom is 0.317 e. The Balaban J connectivity index is 1.63. The molecule has 0 aliphatic carbocycles. The van der Waals surface area contributed by atoms with E-state index in [1.165, 1.54) is 16.3 Å². The molecule has 3 amide bonds. The molecule has 1 aromatic rings. The van der Waals surface area contributed by atoms with Crippen LogP contribution in [0.2, 0.25) is 0 Å². The van der Waals surface area contributed by atoms with Crippen LogP contribution < -0.4 is 20.4 Å². The summed E-state index contributed by atoms with van der Waals surface area (Å²) in [6, 6.07) is 7.39.